The van der Waals surface area contributed by atoms with Crippen molar-refractivity contribution in [3.05, 3.63) is 51.8 Å². The van der Waals surface area contributed by atoms with Crippen LogP contribution in [0.1, 0.15) is 10.4 Å². The molecule has 1 aromatic carbocycles. The molecule has 0 bridgehead atoms. The van der Waals surface area contributed by atoms with E-state index >= 15 is 0 Å². The molecule has 1 aliphatic rings. The molecule has 1 aromatic heterocycles. The van der Waals surface area contributed by atoms with Crippen molar-refractivity contribution >= 4 is 51.1 Å². The average Bonchev–Trinajstić information content (AvgIpc) is 3.33. The summed E-state index contributed by atoms with van der Waals surface area (Å²) in [4.78, 5) is 26.5. The first-order valence-corrected chi connectivity index (χ1v) is 11.8. The monoisotopic (exact) mass is 488 g/mol. The maximum absolute atomic E-state index is 12.4. The molecule has 1 aliphatic heterocycles. The van der Waals surface area contributed by atoms with Crippen molar-refractivity contribution < 1.29 is 14.6 Å². The molecule has 3 N–H and O–H groups in total. The Balaban J connectivity index is 1.67. The summed E-state index contributed by atoms with van der Waals surface area (Å²) < 4.78 is 5.77. The SMILES string of the molecule is Cc1cc(OCCN(C)C)ccc1N=C1NC(=O)/C(=C/c2cnc(N/C(=C\O)N(C)C)s2)S1. The molecule has 33 heavy (non-hydrogen) atoms. The first kappa shape index (κ1) is 24.6. The van der Waals surface area contributed by atoms with Crippen molar-refractivity contribution in [3.63, 3.8) is 0 Å². The van der Waals surface area contributed by atoms with E-state index in [0.717, 1.165) is 34.7 Å². The second-order valence-electron chi connectivity index (χ2n) is 7.68. The third-order valence-corrected chi connectivity index (χ3v) is 6.25. The number of amides is 1. The number of hydrogen-bond acceptors (Lipinski definition) is 10. The highest BCUT2D eigenvalue weighted by Gasteiger charge is 2.24. The first-order chi connectivity index (χ1) is 15.7. The van der Waals surface area contributed by atoms with Crippen molar-refractivity contribution in [2.24, 2.45) is 4.99 Å². The first-order valence-electron chi connectivity index (χ1n) is 10.2. The number of carbonyl (C=O) groups is 1. The number of aliphatic imine (C=N–C) groups is 1. The van der Waals surface area contributed by atoms with Gasteiger partial charge in [0.25, 0.3) is 5.91 Å². The molecule has 3 rings (SSSR count). The van der Waals surface area contributed by atoms with Crippen LogP contribution in [0.5, 0.6) is 5.75 Å². The standard InChI is InChI=1S/C22H28N6O3S2/c1-14-10-15(31-9-8-27(2)3)6-7-17(14)24-22-26-20(30)18(33-22)11-16-12-23-21(32-16)25-19(13-29)28(4)5/h6-7,10-13,29H,8-9H2,1-5H3,(H,23,25)(H,24,26,30)/b18-11-,19-13+. The van der Waals surface area contributed by atoms with Crippen molar-refractivity contribution in [2.75, 3.05) is 46.7 Å². The van der Waals surface area contributed by atoms with E-state index in [0.29, 0.717) is 27.6 Å². The van der Waals surface area contributed by atoms with Crippen LogP contribution in [0.15, 0.2) is 46.4 Å². The molecular formula is C22H28N6O3S2. The van der Waals surface area contributed by atoms with Gasteiger partial charge in [-0.15, -0.1) is 0 Å². The number of nitrogens with zero attached hydrogens (tertiary/aromatic N) is 4. The topological polar surface area (TPSA) is 102 Å². The number of carbonyl (C=O) groups excluding carboxylic acids is 1. The third-order valence-electron chi connectivity index (χ3n) is 4.48. The molecule has 1 amide bonds. The number of aromatic nitrogens is 1. The van der Waals surface area contributed by atoms with E-state index in [9.17, 15) is 9.90 Å². The molecule has 0 aliphatic carbocycles. The van der Waals surface area contributed by atoms with Crippen LogP contribution < -0.4 is 15.4 Å². The number of likely N-dealkylation sites (N-methyl/N-ethyl adjacent to an activating group) is 1. The van der Waals surface area contributed by atoms with Gasteiger partial charge in [-0.05, 0) is 62.6 Å². The number of thiazole rings is 1. The zero-order valence-electron chi connectivity index (χ0n) is 19.2. The minimum absolute atomic E-state index is 0.202. The van der Waals surface area contributed by atoms with E-state index in [1.54, 1.807) is 31.3 Å². The summed E-state index contributed by atoms with van der Waals surface area (Å²) in [6.45, 7) is 3.42. The summed E-state index contributed by atoms with van der Waals surface area (Å²) in [5.74, 6) is 1.10. The number of aryl methyl sites for hydroxylation is 1. The largest absolute Gasteiger partial charge is 0.512 e. The van der Waals surface area contributed by atoms with E-state index in [1.165, 1.54) is 23.1 Å². The highest BCUT2D eigenvalue weighted by atomic mass is 32.2. The lowest BCUT2D eigenvalue weighted by Crippen LogP contribution is -2.19. The number of aliphatic hydroxyl groups is 1. The fraction of sp³-hybridized carbons (Fsp3) is 0.318. The van der Waals surface area contributed by atoms with Gasteiger partial charge in [-0.3, -0.25) is 4.79 Å². The Hall–Kier alpha value is -3.02. The van der Waals surface area contributed by atoms with Gasteiger partial charge in [0.2, 0.25) is 0 Å². The van der Waals surface area contributed by atoms with Crippen LogP contribution in [0.25, 0.3) is 6.08 Å². The summed E-state index contributed by atoms with van der Waals surface area (Å²) in [5, 5.41) is 16.3. The van der Waals surface area contributed by atoms with Crippen LogP contribution in [0.4, 0.5) is 10.8 Å². The Kier molecular flexibility index (Phi) is 8.37. The molecule has 0 unspecified atom stereocenters. The van der Waals surface area contributed by atoms with Gasteiger partial charge in [0.1, 0.15) is 24.4 Å². The van der Waals surface area contributed by atoms with Gasteiger partial charge in [0.05, 0.1) is 15.5 Å². The summed E-state index contributed by atoms with van der Waals surface area (Å²) in [6.07, 6.45) is 4.43. The summed E-state index contributed by atoms with van der Waals surface area (Å²) >= 11 is 2.66. The number of rotatable bonds is 9. The minimum Gasteiger partial charge on any atom is -0.512 e. The quantitative estimate of drug-likeness (QED) is 0.363. The maximum atomic E-state index is 12.4. The van der Waals surface area contributed by atoms with E-state index in [-0.39, 0.29) is 5.91 Å². The number of hydrogen-bond donors (Lipinski definition) is 3. The Labute approximate surface area is 201 Å². The summed E-state index contributed by atoms with van der Waals surface area (Å²) in [7, 11) is 7.62. The Morgan fingerprint density at radius 3 is 2.79 bits per heavy atom. The van der Waals surface area contributed by atoms with Crippen molar-refractivity contribution in [3.8, 4) is 5.75 Å². The molecule has 1 fully saturated rings. The van der Waals surface area contributed by atoms with Gasteiger partial charge >= 0.3 is 0 Å². The lowest BCUT2D eigenvalue weighted by atomic mass is 10.2. The Morgan fingerprint density at radius 1 is 1.33 bits per heavy atom. The molecular weight excluding hydrogens is 460 g/mol. The fourth-order valence-corrected chi connectivity index (χ4v) is 4.36. The van der Waals surface area contributed by atoms with Crippen LogP contribution in [-0.2, 0) is 4.79 Å². The number of anilines is 1. The number of ether oxygens (including phenoxy) is 1. The zero-order chi connectivity index (χ0) is 24.0. The number of aliphatic hydroxyl groups excluding tert-OH is 1. The number of nitrogens with one attached hydrogen (secondary N) is 2. The number of amidine groups is 1. The summed E-state index contributed by atoms with van der Waals surface area (Å²) in [5.41, 5.74) is 1.74. The lowest BCUT2D eigenvalue weighted by molar-refractivity contribution is -0.115. The molecule has 176 valence electrons. The van der Waals surface area contributed by atoms with Gasteiger partial charge in [0.15, 0.2) is 10.3 Å². The maximum Gasteiger partial charge on any atom is 0.264 e. The smallest absolute Gasteiger partial charge is 0.264 e. The second kappa shape index (κ2) is 11.2. The molecule has 1 saturated heterocycles. The van der Waals surface area contributed by atoms with E-state index in [1.807, 2.05) is 39.2 Å². The Bertz CT molecular complexity index is 1090. The van der Waals surface area contributed by atoms with Crippen LogP contribution in [-0.4, -0.2) is 72.3 Å². The average molecular weight is 489 g/mol. The summed E-state index contributed by atoms with van der Waals surface area (Å²) in [6, 6.07) is 5.72. The highest BCUT2D eigenvalue weighted by Crippen LogP contribution is 2.32. The molecule has 2 heterocycles. The van der Waals surface area contributed by atoms with E-state index in [4.69, 9.17) is 4.74 Å². The van der Waals surface area contributed by atoms with Crippen molar-refractivity contribution in [1.29, 1.82) is 0 Å². The van der Waals surface area contributed by atoms with Crippen LogP contribution in [0, 0.1) is 6.92 Å². The van der Waals surface area contributed by atoms with Gasteiger partial charge in [-0.1, -0.05) is 11.3 Å². The molecule has 2 aromatic rings. The Morgan fingerprint density at radius 2 is 2.12 bits per heavy atom. The zero-order valence-corrected chi connectivity index (χ0v) is 20.9. The number of benzene rings is 1. The normalized spacial score (nSPS) is 16.5. The van der Waals surface area contributed by atoms with E-state index < -0.39 is 0 Å². The van der Waals surface area contributed by atoms with Gasteiger partial charge < -0.3 is 30.3 Å². The number of thioether (sulfide) groups is 1. The van der Waals surface area contributed by atoms with Crippen LogP contribution in [0.3, 0.4) is 0 Å². The molecule has 0 radical (unpaired) electrons. The molecule has 9 nitrogen and oxygen atoms in total. The fourth-order valence-electron chi connectivity index (χ4n) is 2.69. The third kappa shape index (κ3) is 6.98. The van der Waals surface area contributed by atoms with Gasteiger partial charge in [0, 0.05) is 26.8 Å². The molecule has 0 atom stereocenters. The van der Waals surface area contributed by atoms with Crippen molar-refractivity contribution in [2.45, 2.75) is 6.92 Å². The molecule has 11 heteroatoms. The van der Waals surface area contributed by atoms with Crippen LogP contribution >= 0.6 is 23.1 Å². The molecule has 0 spiro atoms. The minimum atomic E-state index is -0.202. The van der Waals surface area contributed by atoms with Crippen LogP contribution in [0.2, 0.25) is 0 Å². The van der Waals surface area contributed by atoms with Crippen molar-refractivity contribution in [1.82, 2.24) is 20.1 Å². The predicted octanol–water partition coefficient (Wildman–Crippen LogP) is 3.61. The lowest BCUT2D eigenvalue weighted by Gasteiger charge is -2.15. The highest BCUT2D eigenvalue weighted by molar-refractivity contribution is 8.18. The van der Waals surface area contributed by atoms with Gasteiger partial charge in [-0.2, -0.15) is 0 Å². The predicted molar refractivity (Wildman–Crippen MR) is 136 cm³/mol. The second-order valence-corrected chi connectivity index (χ2v) is 9.78. The van der Waals surface area contributed by atoms with Gasteiger partial charge in [-0.25, -0.2) is 9.98 Å². The van der Waals surface area contributed by atoms with E-state index in [2.05, 4.69) is 25.5 Å². The molecule has 0 saturated carbocycles.